The summed E-state index contributed by atoms with van der Waals surface area (Å²) in [6.45, 7) is 0. The third kappa shape index (κ3) is 2.27. The van der Waals surface area contributed by atoms with Crippen molar-refractivity contribution in [3.8, 4) is 0 Å². The normalized spacial score (nSPS) is 25.9. The molecule has 2 unspecified atom stereocenters. The van der Waals surface area contributed by atoms with Crippen molar-refractivity contribution in [2.75, 3.05) is 0 Å². The van der Waals surface area contributed by atoms with Gasteiger partial charge in [0.05, 0.1) is 13.9 Å². The molecule has 1 heterocycles. The summed E-state index contributed by atoms with van der Waals surface area (Å²) >= 11 is 6.71. The van der Waals surface area contributed by atoms with Crippen molar-refractivity contribution >= 4 is 45.0 Å². The first kappa shape index (κ1) is 9.55. The first-order valence-electron chi connectivity index (χ1n) is 3.81. The number of rotatable bonds is 3. The van der Waals surface area contributed by atoms with Gasteiger partial charge in [-0.3, -0.25) is 4.79 Å². The molecule has 2 nitrogen and oxygen atoms in total. The van der Waals surface area contributed by atoms with E-state index in [4.69, 9.17) is 5.11 Å². The molecule has 5 heteroatoms. The Balaban J connectivity index is 1.91. The van der Waals surface area contributed by atoms with E-state index in [2.05, 4.69) is 15.9 Å². The van der Waals surface area contributed by atoms with Crippen LogP contribution in [-0.2, 0) is 4.79 Å². The predicted octanol–water partition coefficient (Wildman–Crippen LogP) is 3.08. The molecule has 2 atom stereocenters. The van der Waals surface area contributed by atoms with E-state index in [0.29, 0.717) is 5.25 Å². The van der Waals surface area contributed by atoms with E-state index < -0.39 is 5.97 Å². The molecular weight excluding hydrogens is 272 g/mol. The van der Waals surface area contributed by atoms with Gasteiger partial charge in [-0.15, -0.1) is 23.1 Å². The average Bonchev–Trinajstić information content (AvgIpc) is 2.69. The van der Waals surface area contributed by atoms with Gasteiger partial charge in [0.25, 0.3) is 0 Å². The molecular formula is C8H7BrO2S2. The first-order valence-corrected chi connectivity index (χ1v) is 6.30. The Morgan fingerprint density at radius 2 is 2.46 bits per heavy atom. The lowest BCUT2D eigenvalue weighted by molar-refractivity contribution is -0.138. The standard InChI is InChI=1S/C8H7BrO2S2/c9-6-1-2-7(13-6)12-5-3-4(5)8(10)11/h1-2,4-5H,3H2,(H,10,11). The van der Waals surface area contributed by atoms with Gasteiger partial charge < -0.3 is 5.11 Å². The number of hydrogen-bond donors (Lipinski definition) is 1. The number of aliphatic carboxylic acids is 1. The zero-order chi connectivity index (χ0) is 9.42. The minimum atomic E-state index is -0.659. The van der Waals surface area contributed by atoms with Crippen LogP contribution in [0.15, 0.2) is 20.1 Å². The van der Waals surface area contributed by atoms with Crippen molar-refractivity contribution in [1.82, 2.24) is 0 Å². The van der Waals surface area contributed by atoms with Gasteiger partial charge in [-0.1, -0.05) is 0 Å². The lowest BCUT2D eigenvalue weighted by atomic mass is 10.4. The highest BCUT2D eigenvalue weighted by atomic mass is 79.9. The summed E-state index contributed by atoms with van der Waals surface area (Å²) in [7, 11) is 0. The second kappa shape index (κ2) is 3.63. The zero-order valence-corrected chi connectivity index (χ0v) is 9.79. The smallest absolute Gasteiger partial charge is 0.307 e. The van der Waals surface area contributed by atoms with Gasteiger partial charge in [0, 0.05) is 5.25 Å². The molecule has 0 saturated heterocycles. The number of halogens is 1. The quantitative estimate of drug-likeness (QED) is 0.923. The van der Waals surface area contributed by atoms with Gasteiger partial charge >= 0.3 is 5.97 Å². The molecule has 13 heavy (non-hydrogen) atoms. The fourth-order valence-electron chi connectivity index (χ4n) is 1.07. The number of thiophene rings is 1. The Morgan fingerprint density at radius 1 is 1.69 bits per heavy atom. The van der Waals surface area contributed by atoms with Gasteiger partial charge in [0.1, 0.15) is 0 Å². The van der Waals surface area contributed by atoms with E-state index in [1.54, 1.807) is 23.1 Å². The zero-order valence-electron chi connectivity index (χ0n) is 6.57. The van der Waals surface area contributed by atoms with Crippen LogP contribution in [-0.4, -0.2) is 16.3 Å². The second-order valence-corrected chi connectivity index (χ2v) is 6.90. The molecule has 0 aliphatic heterocycles. The molecule has 1 saturated carbocycles. The Bertz CT molecular complexity index is 337. The fraction of sp³-hybridized carbons (Fsp3) is 0.375. The minimum Gasteiger partial charge on any atom is -0.481 e. The topological polar surface area (TPSA) is 37.3 Å². The molecule has 2 rings (SSSR count). The lowest BCUT2D eigenvalue weighted by Crippen LogP contribution is -1.99. The number of thioether (sulfide) groups is 1. The van der Waals surface area contributed by atoms with Crippen LogP contribution in [0.5, 0.6) is 0 Å². The summed E-state index contributed by atoms with van der Waals surface area (Å²) in [5.74, 6) is -0.779. The van der Waals surface area contributed by atoms with Crippen LogP contribution in [0, 0.1) is 5.92 Å². The van der Waals surface area contributed by atoms with Crippen LogP contribution < -0.4 is 0 Å². The summed E-state index contributed by atoms with van der Waals surface area (Å²) in [6.07, 6.45) is 0.815. The Kier molecular flexibility index (Phi) is 2.67. The summed E-state index contributed by atoms with van der Waals surface area (Å²) in [5.41, 5.74) is 0. The molecule has 0 spiro atoms. The van der Waals surface area contributed by atoms with Gasteiger partial charge in [0.2, 0.25) is 0 Å². The van der Waals surface area contributed by atoms with Crippen molar-refractivity contribution < 1.29 is 9.90 Å². The minimum absolute atomic E-state index is 0.120. The van der Waals surface area contributed by atoms with Crippen molar-refractivity contribution in [1.29, 1.82) is 0 Å². The first-order chi connectivity index (χ1) is 6.16. The number of carboxylic acid groups (broad SMARTS) is 1. The molecule has 1 aliphatic rings. The summed E-state index contributed by atoms with van der Waals surface area (Å²) in [6, 6.07) is 4.02. The predicted molar refractivity (Wildman–Crippen MR) is 57.4 cm³/mol. The molecule has 70 valence electrons. The molecule has 1 aliphatic carbocycles. The maximum Gasteiger partial charge on any atom is 0.307 e. The van der Waals surface area contributed by atoms with Crippen LogP contribution in [0.2, 0.25) is 0 Å². The van der Waals surface area contributed by atoms with E-state index in [1.165, 1.54) is 4.21 Å². The van der Waals surface area contributed by atoms with Gasteiger partial charge in [-0.05, 0) is 34.5 Å². The molecule has 0 bridgehead atoms. The number of carbonyl (C=O) groups is 1. The van der Waals surface area contributed by atoms with Gasteiger partial charge in [0.15, 0.2) is 0 Å². The molecule has 0 aromatic carbocycles. The van der Waals surface area contributed by atoms with Crippen molar-refractivity contribution in [3.05, 3.63) is 15.9 Å². The maximum atomic E-state index is 10.5. The average molecular weight is 279 g/mol. The highest BCUT2D eigenvalue weighted by molar-refractivity contribution is 9.11. The molecule has 1 fully saturated rings. The SMILES string of the molecule is O=C(O)C1CC1Sc1ccc(Br)s1. The Hall–Kier alpha value is -0.0000000000000000833. The van der Waals surface area contributed by atoms with Gasteiger partial charge in [-0.2, -0.15) is 0 Å². The molecule has 1 aromatic rings. The molecule has 1 aromatic heterocycles. The van der Waals surface area contributed by atoms with Crippen LogP contribution in [0.3, 0.4) is 0 Å². The number of hydrogen-bond acceptors (Lipinski definition) is 3. The molecule has 0 radical (unpaired) electrons. The van der Waals surface area contributed by atoms with E-state index >= 15 is 0 Å². The van der Waals surface area contributed by atoms with E-state index in [0.717, 1.165) is 10.2 Å². The largest absolute Gasteiger partial charge is 0.481 e. The van der Waals surface area contributed by atoms with Crippen LogP contribution in [0.4, 0.5) is 0 Å². The maximum absolute atomic E-state index is 10.5. The lowest BCUT2D eigenvalue weighted by Gasteiger charge is -1.92. The number of carboxylic acids is 1. The highest BCUT2D eigenvalue weighted by Crippen LogP contribution is 2.47. The van der Waals surface area contributed by atoms with Crippen LogP contribution in [0.1, 0.15) is 6.42 Å². The highest BCUT2D eigenvalue weighted by Gasteiger charge is 2.44. The second-order valence-electron chi connectivity index (χ2n) is 2.90. The Labute approximate surface area is 92.5 Å². The van der Waals surface area contributed by atoms with E-state index in [9.17, 15) is 4.79 Å². The summed E-state index contributed by atoms with van der Waals surface area (Å²) in [5, 5.41) is 8.98. The van der Waals surface area contributed by atoms with Crippen LogP contribution >= 0.6 is 39.0 Å². The van der Waals surface area contributed by atoms with Crippen LogP contribution in [0.25, 0.3) is 0 Å². The van der Waals surface area contributed by atoms with Crippen molar-refractivity contribution in [2.24, 2.45) is 5.92 Å². The fourth-order valence-corrected chi connectivity index (χ4v) is 4.37. The van der Waals surface area contributed by atoms with Crippen molar-refractivity contribution in [2.45, 2.75) is 15.9 Å². The summed E-state index contributed by atoms with van der Waals surface area (Å²) < 4.78 is 2.29. The van der Waals surface area contributed by atoms with Crippen molar-refractivity contribution in [3.63, 3.8) is 0 Å². The molecule has 0 amide bonds. The summed E-state index contributed by atoms with van der Waals surface area (Å²) in [4.78, 5) is 10.5. The van der Waals surface area contributed by atoms with Gasteiger partial charge in [-0.25, -0.2) is 0 Å². The molecule has 1 N–H and O–H groups in total. The third-order valence-electron chi connectivity index (χ3n) is 1.87. The van der Waals surface area contributed by atoms with E-state index in [1.807, 2.05) is 12.1 Å². The monoisotopic (exact) mass is 278 g/mol. The third-order valence-corrected chi connectivity index (χ3v) is 5.01. The van der Waals surface area contributed by atoms with E-state index in [-0.39, 0.29) is 5.92 Å². The Morgan fingerprint density at radius 3 is 2.92 bits per heavy atom.